The van der Waals surface area contributed by atoms with Gasteiger partial charge in [0.1, 0.15) is 12.6 Å². The lowest BCUT2D eigenvalue weighted by molar-refractivity contribution is -0.903. The number of piperazine rings is 1. The van der Waals surface area contributed by atoms with Crippen LogP contribution in [-0.2, 0) is 6.18 Å². The van der Waals surface area contributed by atoms with Gasteiger partial charge >= 0.3 is 6.18 Å². The third-order valence-corrected chi connectivity index (χ3v) is 6.15. The van der Waals surface area contributed by atoms with Crippen LogP contribution in [0.3, 0.4) is 0 Å². The zero-order valence-corrected chi connectivity index (χ0v) is 16.7. The number of halogens is 3. The molecule has 2 aromatic carbocycles. The van der Waals surface area contributed by atoms with E-state index < -0.39 is 17.8 Å². The highest BCUT2D eigenvalue weighted by atomic mass is 32.2. The standard InChI is InChI=1S/C21H25F3N2OS/c1-16-5-7-20(8-6-16)28-15-19(27)14-25-9-11-26(12-10-25)18-4-2-3-17(13-18)21(22,23)24/h2-8,13,19,27H,9-12,14-15H2,1H3/p+1/t19-/m0/s1. The largest absolute Gasteiger partial charge is 0.416 e. The van der Waals surface area contributed by atoms with Crippen LogP contribution in [0.1, 0.15) is 11.1 Å². The second-order valence-corrected chi connectivity index (χ2v) is 8.36. The SMILES string of the molecule is Cc1ccc(SC[C@@H](O)C[NH+]2CCN(c3cccc(C(F)(F)F)c3)CC2)cc1. The van der Waals surface area contributed by atoms with Crippen molar-refractivity contribution in [2.45, 2.75) is 24.1 Å². The summed E-state index contributed by atoms with van der Waals surface area (Å²) in [5.74, 6) is 0.643. The maximum Gasteiger partial charge on any atom is 0.416 e. The van der Waals surface area contributed by atoms with Crippen molar-refractivity contribution in [3.8, 4) is 0 Å². The summed E-state index contributed by atoms with van der Waals surface area (Å²) in [4.78, 5) is 4.43. The number of alkyl halides is 3. The maximum absolute atomic E-state index is 12.9. The molecule has 1 aliphatic heterocycles. The van der Waals surface area contributed by atoms with Gasteiger partial charge in [0.15, 0.2) is 0 Å². The normalized spacial score (nSPS) is 17.0. The van der Waals surface area contributed by atoms with Crippen molar-refractivity contribution in [3.05, 3.63) is 59.7 Å². The van der Waals surface area contributed by atoms with E-state index in [1.165, 1.54) is 22.6 Å². The molecule has 7 heteroatoms. The monoisotopic (exact) mass is 411 g/mol. The molecule has 2 N–H and O–H groups in total. The number of benzene rings is 2. The Balaban J connectivity index is 1.45. The van der Waals surface area contributed by atoms with Crippen LogP contribution in [0.4, 0.5) is 18.9 Å². The van der Waals surface area contributed by atoms with Gasteiger partial charge in [0, 0.05) is 16.3 Å². The van der Waals surface area contributed by atoms with E-state index in [9.17, 15) is 18.3 Å². The third kappa shape index (κ3) is 5.90. The van der Waals surface area contributed by atoms with E-state index in [2.05, 4.69) is 24.3 Å². The van der Waals surface area contributed by atoms with Crippen molar-refractivity contribution in [2.75, 3.05) is 43.4 Å². The smallest absolute Gasteiger partial charge is 0.386 e. The minimum absolute atomic E-state index is 0.401. The zero-order valence-electron chi connectivity index (χ0n) is 15.9. The molecule has 0 amide bonds. The Bertz CT molecular complexity index is 759. The Labute approximate surface area is 168 Å². The number of aryl methyl sites for hydroxylation is 1. The van der Waals surface area contributed by atoms with E-state index in [0.717, 1.165) is 24.1 Å². The molecule has 3 nitrogen and oxygen atoms in total. The molecule has 0 aromatic heterocycles. The molecular weight excluding hydrogens is 385 g/mol. The van der Waals surface area contributed by atoms with E-state index in [1.54, 1.807) is 17.8 Å². The van der Waals surface area contributed by atoms with E-state index in [0.29, 0.717) is 31.1 Å². The lowest BCUT2D eigenvalue weighted by Gasteiger charge is -2.34. The molecule has 0 unspecified atom stereocenters. The molecule has 0 saturated carbocycles. The van der Waals surface area contributed by atoms with Gasteiger partial charge in [-0.15, -0.1) is 11.8 Å². The van der Waals surface area contributed by atoms with Gasteiger partial charge in [0.2, 0.25) is 0 Å². The Hall–Kier alpha value is -1.70. The number of nitrogens with zero attached hydrogens (tertiary/aromatic N) is 1. The van der Waals surface area contributed by atoms with Crippen molar-refractivity contribution < 1.29 is 23.2 Å². The molecular formula is C21H26F3N2OS+. The first kappa shape index (κ1) is 21.0. The summed E-state index contributed by atoms with van der Waals surface area (Å²) in [7, 11) is 0. The third-order valence-electron chi connectivity index (χ3n) is 5.00. The van der Waals surface area contributed by atoms with Gasteiger partial charge in [-0.25, -0.2) is 0 Å². The van der Waals surface area contributed by atoms with Crippen LogP contribution in [0, 0.1) is 6.92 Å². The first-order valence-electron chi connectivity index (χ1n) is 9.44. The van der Waals surface area contributed by atoms with Gasteiger partial charge < -0.3 is 14.9 Å². The quantitative estimate of drug-likeness (QED) is 0.716. The zero-order chi connectivity index (χ0) is 20.1. The number of rotatable bonds is 6. The fraction of sp³-hybridized carbons (Fsp3) is 0.429. The minimum atomic E-state index is -4.32. The van der Waals surface area contributed by atoms with E-state index in [4.69, 9.17) is 0 Å². The summed E-state index contributed by atoms with van der Waals surface area (Å²) in [5, 5.41) is 10.3. The molecule has 1 atom stereocenters. The van der Waals surface area contributed by atoms with Crippen molar-refractivity contribution in [1.82, 2.24) is 0 Å². The van der Waals surface area contributed by atoms with Crippen molar-refractivity contribution >= 4 is 17.4 Å². The van der Waals surface area contributed by atoms with Crippen molar-refractivity contribution in [2.24, 2.45) is 0 Å². The van der Waals surface area contributed by atoms with Crippen LogP contribution in [0.2, 0.25) is 0 Å². The Morgan fingerprint density at radius 3 is 2.43 bits per heavy atom. The van der Waals surface area contributed by atoms with E-state index >= 15 is 0 Å². The van der Waals surface area contributed by atoms with Gasteiger partial charge in [0.25, 0.3) is 0 Å². The first-order valence-corrected chi connectivity index (χ1v) is 10.4. The predicted octanol–water partition coefficient (Wildman–Crippen LogP) is 2.87. The van der Waals surface area contributed by atoms with Crippen LogP contribution < -0.4 is 9.80 Å². The average molecular weight is 412 g/mol. The number of aliphatic hydroxyl groups excluding tert-OH is 1. The summed E-state index contributed by atoms with van der Waals surface area (Å²) in [6, 6.07) is 13.8. The molecule has 152 valence electrons. The van der Waals surface area contributed by atoms with Gasteiger partial charge in [-0.05, 0) is 37.3 Å². The summed E-state index contributed by atoms with van der Waals surface area (Å²) in [6.45, 7) is 5.70. The lowest BCUT2D eigenvalue weighted by Crippen LogP contribution is -3.16. The molecule has 1 aliphatic rings. The van der Waals surface area contributed by atoms with E-state index in [-0.39, 0.29) is 0 Å². The molecule has 3 rings (SSSR count). The fourth-order valence-electron chi connectivity index (χ4n) is 3.38. The number of anilines is 1. The Morgan fingerprint density at radius 2 is 1.79 bits per heavy atom. The number of thioether (sulfide) groups is 1. The first-order chi connectivity index (χ1) is 13.3. The van der Waals surface area contributed by atoms with Crippen molar-refractivity contribution in [1.29, 1.82) is 0 Å². The van der Waals surface area contributed by atoms with Crippen molar-refractivity contribution in [3.63, 3.8) is 0 Å². The van der Waals surface area contributed by atoms with E-state index in [1.807, 2.05) is 11.8 Å². The highest BCUT2D eigenvalue weighted by molar-refractivity contribution is 7.99. The van der Waals surface area contributed by atoms with Crippen LogP contribution in [0.5, 0.6) is 0 Å². The topological polar surface area (TPSA) is 27.9 Å². The molecule has 1 heterocycles. The van der Waals surface area contributed by atoms with Crippen LogP contribution in [0.15, 0.2) is 53.4 Å². The van der Waals surface area contributed by atoms with Gasteiger partial charge in [0.05, 0.1) is 31.7 Å². The molecule has 0 bridgehead atoms. The number of hydrogen-bond donors (Lipinski definition) is 2. The molecule has 0 radical (unpaired) electrons. The number of quaternary nitrogens is 1. The molecule has 0 spiro atoms. The van der Waals surface area contributed by atoms with Crippen LogP contribution in [-0.4, -0.2) is 49.7 Å². The number of aliphatic hydroxyl groups is 1. The maximum atomic E-state index is 12.9. The molecule has 2 aromatic rings. The predicted molar refractivity (Wildman–Crippen MR) is 107 cm³/mol. The lowest BCUT2D eigenvalue weighted by atomic mass is 10.1. The Kier molecular flexibility index (Phi) is 6.91. The highest BCUT2D eigenvalue weighted by Gasteiger charge is 2.31. The molecule has 1 fully saturated rings. The van der Waals surface area contributed by atoms with Crippen LogP contribution in [0.25, 0.3) is 0 Å². The number of hydrogen-bond acceptors (Lipinski definition) is 3. The molecule has 28 heavy (non-hydrogen) atoms. The second kappa shape index (κ2) is 9.20. The summed E-state index contributed by atoms with van der Waals surface area (Å²) < 4.78 is 38.7. The summed E-state index contributed by atoms with van der Waals surface area (Å²) in [6.07, 6.45) is -4.72. The molecule has 1 saturated heterocycles. The molecule has 0 aliphatic carbocycles. The summed E-state index contributed by atoms with van der Waals surface area (Å²) >= 11 is 1.65. The second-order valence-electron chi connectivity index (χ2n) is 7.27. The van der Waals surface area contributed by atoms with Gasteiger partial charge in [-0.1, -0.05) is 23.8 Å². The highest BCUT2D eigenvalue weighted by Crippen LogP contribution is 2.31. The summed E-state index contributed by atoms with van der Waals surface area (Å²) in [5.41, 5.74) is 1.22. The van der Waals surface area contributed by atoms with Crippen LogP contribution >= 0.6 is 11.8 Å². The average Bonchev–Trinajstić information content (AvgIpc) is 2.68. The fourth-order valence-corrected chi connectivity index (χ4v) is 4.21. The number of nitrogens with one attached hydrogen (secondary N) is 1. The van der Waals surface area contributed by atoms with Gasteiger partial charge in [-0.2, -0.15) is 13.2 Å². The Morgan fingerprint density at radius 1 is 1.11 bits per heavy atom. The minimum Gasteiger partial charge on any atom is -0.386 e. The van der Waals surface area contributed by atoms with Gasteiger partial charge in [-0.3, -0.25) is 0 Å².